The highest BCUT2D eigenvalue weighted by atomic mass is 35.5. The van der Waals surface area contributed by atoms with E-state index in [1.807, 2.05) is 0 Å². The Hall–Kier alpha value is -3.29. The fourth-order valence-corrected chi connectivity index (χ4v) is 3.60. The summed E-state index contributed by atoms with van der Waals surface area (Å²) in [6.45, 7) is 0.346. The van der Waals surface area contributed by atoms with Crippen molar-refractivity contribution in [3.05, 3.63) is 99.9 Å². The number of ether oxygens (including phenoxy) is 1. The summed E-state index contributed by atoms with van der Waals surface area (Å²) in [6.07, 6.45) is 0. The zero-order valence-corrected chi connectivity index (χ0v) is 17.5. The molecule has 0 saturated heterocycles. The number of hydrogen-bond acceptors (Lipinski definition) is 4. The maximum absolute atomic E-state index is 13.9. The average molecular weight is 457 g/mol. The Morgan fingerprint density at radius 1 is 1.03 bits per heavy atom. The number of rotatable bonds is 6. The second kappa shape index (κ2) is 9.24. The van der Waals surface area contributed by atoms with Gasteiger partial charge in [-0.25, -0.2) is 13.8 Å². The average Bonchev–Trinajstić information content (AvgIpc) is 3.23. The molecule has 156 valence electrons. The van der Waals surface area contributed by atoms with Crippen molar-refractivity contribution in [1.82, 2.24) is 4.98 Å². The largest absolute Gasteiger partial charge is 0.489 e. The van der Waals surface area contributed by atoms with Gasteiger partial charge in [-0.1, -0.05) is 23.7 Å². The number of carbonyl (C=O) groups is 1. The van der Waals surface area contributed by atoms with Crippen molar-refractivity contribution in [3.8, 4) is 17.0 Å². The normalized spacial score (nSPS) is 10.7. The minimum absolute atomic E-state index is 0.0433. The fraction of sp³-hybridized carbons (Fsp3) is 0.0435. The first-order valence-corrected chi connectivity index (χ1v) is 10.4. The molecule has 0 aliphatic carbocycles. The highest BCUT2D eigenvalue weighted by Crippen LogP contribution is 2.28. The Labute approximate surface area is 186 Å². The van der Waals surface area contributed by atoms with Crippen molar-refractivity contribution in [2.24, 2.45) is 0 Å². The van der Waals surface area contributed by atoms with Gasteiger partial charge >= 0.3 is 0 Å². The van der Waals surface area contributed by atoms with Crippen molar-refractivity contribution in [1.29, 1.82) is 0 Å². The van der Waals surface area contributed by atoms with E-state index in [0.717, 1.165) is 35.1 Å². The van der Waals surface area contributed by atoms with Crippen molar-refractivity contribution < 1.29 is 18.3 Å². The molecular weight excluding hydrogens is 442 g/mol. The minimum Gasteiger partial charge on any atom is -0.489 e. The molecule has 4 nitrogen and oxygen atoms in total. The molecule has 4 aromatic rings. The molecule has 0 unspecified atom stereocenters. The second-order valence-corrected chi connectivity index (χ2v) is 7.85. The Bertz CT molecular complexity index is 1210. The molecule has 0 bridgehead atoms. The fourth-order valence-electron chi connectivity index (χ4n) is 2.77. The van der Waals surface area contributed by atoms with Crippen LogP contribution in [0.3, 0.4) is 0 Å². The van der Waals surface area contributed by atoms with Gasteiger partial charge in [0.05, 0.1) is 5.69 Å². The lowest BCUT2D eigenvalue weighted by atomic mass is 10.1. The number of thiazole rings is 1. The first-order chi connectivity index (χ1) is 15.0. The maximum atomic E-state index is 13.9. The number of halogens is 3. The maximum Gasteiger partial charge on any atom is 0.257 e. The molecule has 0 spiro atoms. The Balaban J connectivity index is 1.38. The number of nitrogens with zero attached hydrogens (tertiary/aromatic N) is 1. The predicted molar refractivity (Wildman–Crippen MR) is 118 cm³/mol. The van der Waals surface area contributed by atoms with Crippen LogP contribution in [0, 0.1) is 11.6 Å². The van der Waals surface area contributed by atoms with Crippen LogP contribution >= 0.6 is 22.9 Å². The van der Waals surface area contributed by atoms with Gasteiger partial charge in [-0.15, -0.1) is 11.3 Å². The summed E-state index contributed by atoms with van der Waals surface area (Å²) in [5, 5.41) is 5.16. The molecule has 0 radical (unpaired) electrons. The van der Waals surface area contributed by atoms with Gasteiger partial charge in [-0.3, -0.25) is 10.1 Å². The van der Waals surface area contributed by atoms with Crippen LogP contribution in [0.5, 0.6) is 5.75 Å². The van der Waals surface area contributed by atoms with Crippen LogP contribution in [0.25, 0.3) is 11.3 Å². The van der Waals surface area contributed by atoms with E-state index in [1.165, 1.54) is 0 Å². The third-order valence-electron chi connectivity index (χ3n) is 4.36. The van der Waals surface area contributed by atoms with E-state index in [1.54, 1.807) is 53.9 Å². The third-order valence-corrected chi connectivity index (χ3v) is 5.37. The lowest BCUT2D eigenvalue weighted by Gasteiger charge is -2.07. The van der Waals surface area contributed by atoms with Crippen LogP contribution in [0.4, 0.5) is 13.9 Å². The van der Waals surface area contributed by atoms with E-state index in [0.29, 0.717) is 28.1 Å². The van der Waals surface area contributed by atoms with Gasteiger partial charge in [0, 0.05) is 21.5 Å². The molecule has 1 aromatic heterocycles. The first kappa shape index (κ1) is 21.0. The summed E-state index contributed by atoms with van der Waals surface area (Å²) < 4.78 is 33.0. The van der Waals surface area contributed by atoms with E-state index in [2.05, 4.69) is 10.3 Å². The Kier molecular flexibility index (Phi) is 6.25. The van der Waals surface area contributed by atoms with E-state index < -0.39 is 11.6 Å². The molecule has 0 aliphatic heterocycles. The SMILES string of the molecule is O=C(Nc1nc(-c2cc(F)ccc2F)cs1)c1ccc(COc2ccc(Cl)cc2)cc1. The van der Waals surface area contributed by atoms with Crippen LogP contribution in [0.2, 0.25) is 5.02 Å². The van der Waals surface area contributed by atoms with Gasteiger partial charge in [0.2, 0.25) is 0 Å². The second-order valence-electron chi connectivity index (χ2n) is 6.56. The van der Waals surface area contributed by atoms with Crippen molar-refractivity contribution >= 4 is 34.0 Å². The third kappa shape index (κ3) is 5.25. The lowest BCUT2D eigenvalue weighted by Crippen LogP contribution is -2.11. The molecule has 8 heteroatoms. The predicted octanol–water partition coefficient (Wildman–Crippen LogP) is 6.57. The summed E-state index contributed by atoms with van der Waals surface area (Å²) in [6, 6.07) is 17.1. The standard InChI is InChI=1S/C23H15ClF2N2O2S/c24-16-5-8-18(9-6-16)30-12-14-1-3-15(4-2-14)22(29)28-23-27-21(13-31-23)19-11-17(25)7-10-20(19)26/h1-11,13H,12H2,(H,27,28,29). The zero-order chi connectivity index (χ0) is 21.8. The van der Waals surface area contributed by atoms with Crippen LogP contribution in [0.15, 0.2) is 72.1 Å². The van der Waals surface area contributed by atoms with Crippen molar-refractivity contribution in [2.75, 3.05) is 5.32 Å². The molecule has 1 N–H and O–H groups in total. The summed E-state index contributed by atoms with van der Waals surface area (Å²) in [4.78, 5) is 16.7. The minimum atomic E-state index is -0.582. The van der Waals surface area contributed by atoms with Gasteiger partial charge in [0.25, 0.3) is 5.91 Å². The van der Waals surface area contributed by atoms with E-state index in [4.69, 9.17) is 16.3 Å². The number of carbonyl (C=O) groups excluding carboxylic acids is 1. The summed E-state index contributed by atoms with van der Waals surface area (Å²) in [5.74, 6) is -0.803. The number of nitrogens with one attached hydrogen (secondary N) is 1. The van der Waals surface area contributed by atoms with E-state index in [-0.39, 0.29) is 17.2 Å². The number of benzene rings is 3. The molecule has 1 heterocycles. The Morgan fingerprint density at radius 2 is 1.77 bits per heavy atom. The monoisotopic (exact) mass is 456 g/mol. The van der Waals surface area contributed by atoms with Crippen LogP contribution < -0.4 is 10.1 Å². The van der Waals surface area contributed by atoms with Gasteiger partial charge in [0.15, 0.2) is 5.13 Å². The number of hydrogen-bond donors (Lipinski definition) is 1. The number of amides is 1. The molecule has 0 saturated carbocycles. The van der Waals surface area contributed by atoms with Crippen LogP contribution in [-0.4, -0.2) is 10.9 Å². The zero-order valence-electron chi connectivity index (χ0n) is 15.9. The van der Waals surface area contributed by atoms with E-state index >= 15 is 0 Å². The quantitative estimate of drug-likeness (QED) is 0.357. The molecule has 0 fully saturated rings. The molecule has 3 aromatic carbocycles. The lowest BCUT2D eigenvalue weighted by molar-refractivity contribution is 0.102. The molecule has 4 rings (SSSR count). The number of aromatic nitrogens is 1. The number of anilines is 1. The van der Waals surface area contributed by atoms with Crippen LogP contribution in [-0.2, 0) is 6.61 Å². The Morgan fingerprint density at radius 3 is 2.52 bits per heavy atom. The van der Waals surface area contributed by atoms with E-state index in [9.17, 15) is 13.6 Å². The van der Waals surface area contributed by atoms with Crippen LogP contribution in [0.1, 0.15) is 15.9 Å². The highest BCUT2D eigenvalue weighted by Gasteiger charge is 2.13. The molecule has 0 atom stereocenters. The summed E-state index contributed by atoms with van der Waals surface area (Å²) >= 11 is 6.98. The van der Waals surface area contributed by atoms with Gasteiger partial charge in [0.1, 0.15) is 24.0 Å². The van der Waals surface area contributed by atoms with Gasteiger partial charge < -0.3 is 4.74 Å². The molecule has 1 amide bonds. The molecule has 0 aliphatic rings. The first-order valence-electron chi connectivity index (χ1n) is 9.17. The topological polar surface area (TPSA) is 51.2 Å². The summed E-state index contributed by atoms with van der Waals surface area (Å²) in [7, 11) is 0. The van der Waals surface area contributed by atoms with Gasteiger partial charge in [-0.05, 0) is 60.2 Å². The molecule has 31 heavy (non-hydrogen) atoms. The van der Waals surface area contributed by atoms with Gasteiger partial charge in [-0.2, -0.15) is 0 Å². The molecular formula is C23H15ClF2N2O2S. The smallest absolute Gasteiger partial charge is 0.257 e. The van der Waals surface area contributed by atoms with Crippen molar-refractivity contribution in [2.45, 2.75) is 6.61 Å². The van der Waals surface area contributed by atoms with Crippen molar-refractivity contribution in [3.63, 3.8) is 0 Å². The summed E-state index contributed by atoms with van der Waals surface area (Å²) in [5.41, 5.74) is 1.63. The highest BCUT2D eigenvalue weighted by molar-refractivity contribution is 7.14.